The lowest BCUT2D eigenvalue weighted by molar-refractivity contribution is 0.0730. The van der Waals surface area contributed by atoms with E-state index in [1.165, 1.54) is 10.5 Å². The number of hydrogen-bond donors (Lipinski definition) is 1. The van der Waals surface area contributed by atoms with Crippen molar-refractivity contribution in [2.45, 2.75) is 18.7 Å². The predicted octanol–water partition coefficient (Wildman–Crippen LogP) is 2.27. The largest absolute Gasteiger partial charge is 0.379 e. The van der Waals surface area contributed by atoms with Crippen LogP contribution >= 0.6 is 0 Å². The monoisotopic (exact) mass is 467 g/mol. The van der Waals surface area contributed by atoms with Gasteiger partial charge in [0, 0.05) is 48.1 Å². The van der Waals surface area contributed by atoms with E-state index in [1.54, 1.807) is 42.7 Å². The lowest BCUT2D eigenvalue weighted by Crippen LogP contribution is -2.40. The second-order valence-electron chi connectivity index (χ2n) is 7.62. The molecule has 2 aromatic heterocycles. The van der Waals surface area contributed by atoms with Crippen LogP contribution in [0.4, 0.5) is 0 Å². The fourth-order valence-corrected chi connectivity index (χ4v) is 5.20. The SMILES string of the molecule is Cc1cc(/C=N/NC(=O)c2cccnc2)c(C)n1-c1cccc(S(=O)(=O)N2CCOCC2)c1. The summed E-state index contributed by atoms with van der Waals surface area (Å²) < 4.78 is 34.8. The molecule has 1 aliphatic heterocycles. The highest BCUT2D eigenvalue weighted by Gasteiger charge is 2.26. The van der Waals surface area contributed by atoms with Crippen molar-refractivity contribution < 1.29 is 17.9 Å². The Kier molecular flexibility index (Phi) is 6.68. The molecule has 0 spiro atoms. The summed E-state index contributed by atoms with van der Waals surface area (Å²) in [5.41, 5.74) is 6.23. The van der Waals surface area contributed by atoms with Crippen molar-refractivity contribution in [1.82, 2.24) is 19.3 Å². The molecular weight excluding hydrogens is 442 g/mol. The number of amides is 1. The van der Waals surface area contributed by atoms with Crippen molar-refractivity contribution in [3.63, 3.8) is 0 Å². The van der Waals surface area contributed by atoms with Gasteiger partial charge in [-0.1, -0.05) is 6.07 Å². The van der Waals surface area contributed by atoms with Gasteiger partial charge in [-0.15, -0.1) is 0 Å². The highest BCUT2D eigenvalue weighted by Crippen LogP contribution is 2.24. The van der Waals surface area contributed by atoms with E-state index in [1.807, 2.05) is 30.5 Å². The highest BCUT2D eigenvalue weighted by molar-refractivity contribution is 7.89. The standard InChI is InChI=1S/C23H25N5O4S/c1-17-13-20(16-25-26-23(29)19-5-4-8-24-15-19)18(2)28(17)21-6-3-7-22(14-21)33(30,31)27-9-11-32-12-10-27/h3-8,13-16H,9-12H2,1-2H3,(H,26,29)/b25-16+. The molecule has 172 valence electrons. The summed E-state index contributed by atoms with van der Waals surface area (Å²) in [7, 11) is -3.60. The van der Waals surface area contributed by atoms with E-state index in [0.29, 0.717) is 31.9 Å². The van der Waals surface area contributed by atoms with Crippen LogP contribution in [0.15, 0.2) is 64.9 Å². The molecule has 0 radical (unpaired) electrons. The minimum atomic E-state index is -3.60. The summed E-state index contributed by atoms with van der Waals surface area (Å²) in [5.74, 6) is -0.353. The average molecular weight is 468 g/mol. The minimum absolute atomic E-state index is 0.244. The molecular formula is C23H25N5O4S. The molecule has 1 aliphatic rings. The molecule has 0 saturated carbocycles. The van der Waals surface area contributed by atoms with Gasteiger partial charge in [0.05, 0.1) is 29.9 Å². The van der Waals surface area contributed by atoms with Gasteiger partial charge in [0.15, 0.2) is 0 Å². The summed E-state index contributed by atoms with van der Waals surface area (Å²) in [6.07, 6.45) is 4.63. The fourth-order valence-electron chi connectivity index (χ4n) is 3.76. The van der Waals surface area contributed by atoms with E-state index in [9.17, 15) is 13.2 Å². The first-order chi connectivity index (χ1) is 15.9. The van der Waals surface area contributed by atoms with Crippen molar-refractivity contribution in [3.05, 3.63) is 77.4 Å². The Morgan fingerprint density at radius 1 is 1.15 bits per heavy atom. The van der Waals surface area contributed by atoms with Crippen LogP contribution in [0.2, 0.25) is 0 Å². The zero-order chi connectivity index (χ0) is 23.4. The average Bonchev–Trinajstić information content (AvgIpc) is 3.13. The number of nitrogens with one attached hydrogen (secondary N) is 1. The molecule has 0 unspecified atom stereocenters. The molecule has 33 heavy (non-hydrogen) atoms. The van der Waals surface area contributed by atoms with Gasteiger partial charge in [-0.2, -0.15) is 9.41 Å². The third kappa shape index (κ3) is 4.87. The van der Waals surface area contributed by atoms with Crippen LogP contribution in [0.3, 0.4) is 0 Å². The van der Waals surface area contributed by atoms with Crippen molar-refractivity contribution in [2.75, 3.05) is 26.3 Å². The number of aromatic nitrogens is 2. The van der Waals surface area contributed by atoms with Crippen LogP contribution in [0.25, 0.3) is 5.69 Å². The van der Waals surface area contributed by atoms with Gasteiger partial charge < -0.3 is 9.30 Å². The molecule has 1 fully saturated rings. The van der Waals surface area contributed by atoms with Crippen LogP contribution in [0, 0.1) is 13.8 Å². The van der Waals surface area contributed by atoms with Gasteiger partial charge in [-0.05, 0) is 50.2 Å². The lowest BCUT2D eigenvalue weighted by Gasteiger charge is -2.26. The maximum atomic E-state index is 13.1. The van der Waals surface area contributed by atoms with Gasteiger partial charge in [-0.25, -0.2) is 13.8 Å². The number of nitrogens with zero attached hydrogens (tertiary/aromatic N) is 4. The number of rotatable bonds is 6. The van der Waals surface area contributed by atoms with Crippen LogP contribution in [-0.4, -0.2) is 60.7 Å². The molecule has 10 heteroatoms. The molecule has 1 amide bonds. The van der Waals surface area contributed by atoms with E-state index < -0.39 is 10.0 Å². The van der Waals surface area contributed by atoms with Crippen molar-refractivity contribution in [3.8, 4) is 5.69 Å². The number of pyridine rings is 1. The van der Waals surface area contributed by atoms with Crippen molar-refractivity contribution in [2.24, 2.45) is 5.10 Å². The zero-order valence-corrected chi connectivity index (χ0v) is 19.2. The van der Waals surface area contributed by atoms with Gasteiger partial charge in [0.25, 0.3) is 5.91 Å². The molecule has 0 bridgehead atoms. The molecule has 3 aromatic rings. The van der Waals surface area contributed by atoms with E-state index in [2.05, 4.69) is 15.5 Å². The van der Waals surface area contributed by atoms with Crippen LogP contribution < -0.4 is 5.43 Å². The van der Waals surface area contributed by atoms with E-state index in [0.717, 1.165) is 22.6 Å². The number of carbonyl (C=O) groups excluding carboxylic acids is 1. The number of hydrogen-bond acceptors (Lipinski definition) is 6. The number of aryl methyl sites for hydroxylation is 1. The second-order valence-corrected chi connectivity index (χ2v) is 9.55. The number of sulfonamides is 1. The molecule has 3 heterocycles. The van der Waals surface area contributed by atoms with E-state index >= 15 is 0 Å². The van der Waals surface area contributed by atoms with E-state index in [4.69, 9.17) is 4.74 Å². The second kappa shape index (κ2) is 9.65. The third-order valence-electron chi connectivity index (χ3n) is 5.45. The summed E-state index contributed by atoms with van der Waals surface area (Å²) in [6.45, 7) is 5.34. The van der Waals surface area contributed by atoms with Crippen LogP contribution in [-0.2, 0) is 14.8 Å². The maximum absolute atomic E-state index is 13.1. The normalized spacial score (nSPS) is 15.1. The topological polar surface area (TPSA) is 106 Å². The zero-order valence-electron chi connectivity index (χ0n) is 18.4. The summed E-state index contributed by atoms with van der Waals surface area (Å²) >= 11 is 0. The first-order valence-corrected chi connectivity index (χ1v) is 11.9. The smallest absolute Gasteiger partial charge is 0.272 e. The summed E-state index contributed by atoms with van der Waals surface area (Å²) in [4.78, 5) is 16.3. The Morgan fingerprint density at radius 3 is 2.67 bits per heavy atom. The Morgan fingerprint density at radius 2 is 1.94 bits per heavy atom. The van der Waals surface area contributed by atoms with Gasteiger partial charge in [0.1, 0.15) is 0 Å². The number of hydrazone groups is 1. The molecule has 4 rings (SSSR count). The number of carbonyl (C=O) groups is 1. The number of benzene rings is 1. The molecule has 9 nitrogen and oxygen atoms in total. The molecule has 0 atom stereocenters. The molecule has 1 N–H and O–H groups in total. The Labute approximate surface area is 192 Å². The third-order valence-corrected chi connectivity index (χ3v) is 7.34. The maximum Gasteiger partial charge on any atom is 0.272 e. The first-order valence-electron chi connectivity index (χ1n) is 10.5. The summed E-state index contributed by atoms with van der Waals surface area (Å²) in [6, 6.07) is 12.2. The predicted molar refractivity (Wildman–Crippen MR) is 124 cm³/mol. The van der Waals surface area contributed by atoms with Gasteiger partial charge in [-0.3, -0.25) is 9.78 Å². The quantitative estimate of drug-likeness (QED) is 0.442. The van der Waals surface area contributed by atoms with Crippen molar-refractivity contribution >= 4 is 22.1 Å². The highest BCUT2D eigenvalue weighted by atomic mass is 32.2. The fraction of sp³-hybridized carbons (Fsp3) is 0.261. The lowest BCUT2D eigenvalue weighted by atomic mass is 10.2. The molecule has 1 saturated heterocycles. The van der Waals surface area contributed by atoms with Crippen molar-refractivity contribution in [1.29, 1.82) is 0 Å². The minimum Gasteiger partial charge on any atom is -0.379 e. The Balaban J connectivity index is 1.57. The van der Waals surface area contributed by atoms with Gasteiger partial charge >= 0.3 is 0 Å². The van der Waals surface area contributed by atoms with Gasteiger partial charge in [0.2, 0.25) is 10.0 Å². The Hall–Kier alpha value is -3.34. The molecule has 1 aromatic carbocycles. The summed E-state index contributed by atoms with van der Waals surface area (Å²) in [5, 5.41) is 4.06. The molecule has 0 aliphatic carbocycles. The van der Waals surface area contributed by atoms with Crippen LogP contribution in [0.5, 0.6) is 0 Å². The number of ether oxygens (including phenoxy) is 1. The van der Waals surface area contributed by atoms with Crippen LogP contribution in [0.1, 0.15) is 27.3 Å². The van der Waals surface area contributed by atoms with E-state index in [-0.39, 0.29) is 10.8 Å². The Bertz CT molecular complexity index is 1280. The first kappa shape index (κ1) is 22.8. The number of morpholine rings is 1.